The van der Waals surface area contributed by atoms with Gasteiger partial charge in [-0.15, -0.1) is 0 Å². The van der Waals surface area contributed by atoms with E-state index in [9.17, 15) is 18.0 Å². The minimum Gasteiger partial charge on any atom is -0.497 e. The van der Waals surface area contributed by atoms with Gasteiger partial charge >= 0.3 is 5.97 Å². The average molecular weight is 483 g/mol. The Labute approximate surface area is 196 Å². The first-order valence-corrected chi connectivity index (χ1v) is 11.7. The molecule has 0 saturated heterocycles. The largest absolute Gasteiger partial charge is 0.497 e. The zero-order valence-electron chi connectivity index (χ0n) is 18.1. The quantitative estimate of drug-likeness (QED) is 0.383. The molecule has 0 bridgehead atoms. The fourth-order valence-corrected chi connectivity index (χ4v) is 4.25. The molecular formula is C24H21NO8S. The van der Waals surface area contributed by atoms with Crippen LogP contribution < -0.4 is 18.9 Å². The number of carbonyl (C=O) groups is 2. The van der Waals surface area contributed by atoms with Gasteiger partial charge in [-0.3, -0.25) is 9.52 Å². The van der Waals surface area contributed by atoms with Gasteiger partial charge in [-0.1, -0.05) is 12.1 Å². The van der Waals surface area contributed by atoms with Crippen LogP contribution in [0.2, 0.25) is 0 Å². The molecule has 3 aromatic rings. The van der Waals surface area contributed by atoms with Gasteiger partial charge in [0.15, 0.2) is 23.9 Å². The Hall–Kier alpha value is -4.05. The molecule has 4 rings (SSSR count). The first kappa shape index (κ1) is 23.1. The molecule has 0 fully saturated rings. The van der Waals surface area contributed by atoms with Gasteiger partial charge in [-0.25, -0.2) is 13.2 Å². The Morgan fingerprint density at radius 1 is 0.912 bits per heavy atom. The van der Waals surface area contributed by atoms with Crippen molar-refractivity contribution in [3.8, 4) is 17.2 Å². The number of carbonyl (C=O) groups excluding carboxylic acids is 2. The standard InChI is InChI=1S/C24H21NO8S/c1-30-19-4-2-3-17(13-19)21(26)15-33-24(27)16-5-7-18(8-6-16)25-34(28,29)20-9-10-22-23(14-20)32-12-11-31-22/h2-10,13-14,25H,11-12,15H2,1H3. The van der Waals surface area contributed by atoms with Gasteiger partial charge in [0, 0.05) is 17.3 Å². The molecule has 0 atom stereocenters. The lowest BCUT2D eigenvalue weighted by atomic mass is 10.1. The second-order valence-electron chi connectivity index (χ2n) is 7.22. The van der Waals surface area contributed by atoms with Gasteiger partial charge < -0.3 is 18.9 Å². The van der Waals surface area contributed by atoms with Crippen molar-refractivity contribution in [1.29, 1.82) is 0 Å². The van der Waals surface area contributed by atoms with Crippen molar-refractivity contribution < 1.29 is 37.0 Å². The molecule has 1 aliphatic heterocycles. The summed E-state index contributed by atoms with van der Waals surface area (Å²) in [7, 11) is -2.40. The molecule has 1 aliphatic rings. The van der Waals surface area contributed by atoms with Crippen LogP contribution in [0.1, 0.15) is 20.7 Å². The highest BCUT2D eigenvalue weighted by molar-refractivity contribution is 7.92. The molecule has 0 aliphatic carbocycles. The number of rotatable bonds is 8. The third kappa shape index (κ3) is 5.29. The van der Waals surface area contributed by atoms with Crippen molar-refractivity contribution >= 4 is 27.5 Å². The lowest BCUT2D eigenvalue weighted by molar-refractivity contribution is 0.0474. The summed E-state index contributed by atoms with van der Waals surface area (Å²) in [5, 5.41) is 0. The number of hydrogen-bond acceptors (Lipinski definition) is 8. The zero-order chi connectivity index (χ0) is 24.1. The second kappa shape index (κ2) is 9.84. The Balaban J connectivity index is 1.37. The summed E-state index contributed by atoms with van der Waals surface area (Å²) in [5.74, 6) is 0.272. The monoisotopic (exact) mass is 483 g/mol. The van der Waals surface area contributed by atoms with Crippen LogP contribution in [0.25, 0.3) is 0 Å². The number of anilines is 1. The highest BCUT2D eigenvalue weighted by atomic mass is 32.2. The molecular weight excluding hydrogens is 462 g/mol. The predicted octanol–water partition coefficient (Wildman–Crippen LogP) is 3.31. The minimum atomic E-state index is -3.89. The topological polar surface area (TPSA) is 117 Å². The molecule has 0 radical (unpaired) electrons. The Morgan fingerprint density at radius 2 is 1.65 bits per heavy atom. The number of methoxy groups -OCH3 is 1. The number of sulfonamides is 1. The number of ketones is 1. The van der Waals surface area contributed by atoms with Crippen molar-refractivity contribution in [1.82, 2.24) is 0 Å². The number of hydrogen-bond donors (Lipinski definition) is 1. The molecule has 0 aromatic heterocycles. The van der Waals surface area contributed by atoms with Crippen LogP contribution in [0, 0.1) is 0 Å². The van der Waals surface area contributed by atoms with Crippen LogP contribution in [0.5, 0.6) is 17.2 Å². The van der Waals surface area contributed by atoms with E-state index < -0.39 is 22.6 Å². The van der Waals surface area contributed by atoms with E-state index in [1.165, 1.54) is 49.6 Å². The fourth-order valence-electron chi connectivity index (χ4n) is 3.17. The zero-order valence-corrected chi connectivity index (χ0v) is 19.0. The molecule has 1 N–H and O–H groups in total. The van der Waals surface area contributed by atoms with Crippen LogP contribution >= 0.6 is 0 Å². The molecule has 34 heavy (non-hydrogen) atoms. The molecule has 10 heteroatoms. The van der Waals surface area contributed by atoms with Gasteiger partial charge in [0.1, 0.15) is 19.0 Å². The predicted molar refractivity (Wildman–Crippen MR) is 122 cm³/mol. The molecule has 9 nitrogen and oxygen atoms in total. The maximum atomic E-state index is 12.7. The van der Waals surface area contributed by atoms with E-state index in [0.717, 1.165) is 0 Å². The second-order valence-corrected chi connectivity index (χ2v) is 8.90. The Bertz CT molecular complexity index is 1320. The van der Waals surface area contributed by atoms with Gasteiger partial charge in [0.05, 0.1) is 17.6 Å². The first-order chi connectivity index (χ1) is 16.4. The summed E-state index contributed by atoms with van der Waals surface area (Å²) < 4.78 is 48.9. The maximum absolute atomic E-state index is 12.7. The smallest absolute Gasteiger partial charge is 0.338 e. The Morgan fingerprint density at radius 3 is 2.38 bits per heavy atom. The van der Waals surface area contributed by atoms with E-state index in [1.54, 1.807) is 24.3 Å². The number of nitrogens with one attached hydrogen (secondary N) is 1. The van der Waals surface area contributed by atoms with Crippen LogP contribution in [0.4, 0.5) is 5.69 Å². The highest BCUT2D eigenvalue weighted by Gasteiger charge is 2.20. The number of benzene rings is 3. The molecule has 0 amide bonds. The SMILES string of the molecule is COc1cccc(C(=O)COC(=O)c2ccc(NS(=O)(=O)c3ccc4c(c3)OCCO4)cc2)c1. The molecule has 0 spiro atoms. The van der Waals surface area contributed by atoms with Crippen molar-refractivity contribution in [3.05, 3.63) is 77.9 Å². The number of fused-ring (bicyclic) bond motifs is 1. The summed E-state index contributed by atoms with van der Waals surface area (Å²) >= 11 is 0. The van der Waals surface area contributed by atoms with E-state index in [1.807, 2.05) is 0 Å². The van der Waals surface area contributed by atoms with Gasteiger partial charge in [0.25, 0.3) is 10.0 Å². The summed E-state index contributed by atoms with van der Waals surface area (Å²) in [6.45, 7) is 0.304. The van der Waals surface area contributed by atoms with Crippen LogP contribution in [0.3, 0.4) is 0 Å². The van der Waals surface area contributed by atoms with E-state index in [2.05, 4.69) is 4.72 Å². The maximum Gasteiger partial charge on any atom is 0.338 e. The summed E-state index contributed by atoms with van der Waals surface area (Å²) in [6.07, 6.45) is 0. The highest BCUT2D eigenvalue weighted by Crippen LogP contribution is 2.32. The number of Topliss-reactive ketones (excluding diaryl/α,β-unsaturated/α-hetero) is 1. The van der Waals surface area contributed by atoms with E-state index in [-0.39, 0.29) is 21.9 Å². The van der Waals surface area contributed by atoms with Gasteiger partial charge in [-0.05, 0) is 48.5 Å². The molecule has 176 valence electrons. The Kier molecular flexibility index (Phi) is 6.69. The number of esters is 1. The molecule has 0 saturated carbocycles. The summed E-state index contributed by atoms with van der Waals surface area (Å²) in [6, 6.07) is 16.5. The van der Waals surface area contributed by atoms with Crippen molar-refractivity contribution in [3.63, 3.8) is 0 Å². The lowest BCUT2D eigenvalue weighted by Crippen LogP contribution is -2.17. The molecule has 1 heterocycles. The number of ether oxygens (including phenoxy) is 4. The molecule has 0 unspecified atom stereocenters. The fraction of sp³-hybridized carbons (Fsp3) is 0.167. The minimum absolute atomic E-state index is 0.0105. The van der Waals surface area contributed by atoms with Crippen LogP contribution in [-0.2, 0) is 14.8 Å². The third-order valence-corrected chi connectivity index (χ3v) is 6.30. The lowest BCUT2D eigenvalue weighted by Gasteiger charge is -2.19. The van der Waals surface area contributed by atoms with E-state index >= 15 is 0 Å². The average Bonchev–Trinajstić information content (AvgIpc) is 2.87. The van der Waals surface area contributed by atoms with Crippen LogP contribution in [-0.4, -0.2) is 47.1 Å². The summed E-state index contributed by atoms with van der Waals surface area (Å²) in [5.41, 5.74) is 0.774. The van der Waals surface area contributed by atoms with E-state index in [0.29, 0.717) is 36.0 Å². The van der Waals surface area contributed by atoms with Gasteiger partial charge in [-0.2, -0.15) is 0 Å². The van der Waals surface area contributed by atoms with Gasteiger partial charge in [0.2, 0.25) is 0 Å². The van der Waals surface area contributed by atoms with Crippen molar-refractivity contribution in [2.75, 3.05) is 31.7 Å². The van der Waals surface area contributed by atoms with Crippen LogP contribution in [0.15, 0.2) is 71.6 Å². The summed E-state index contributed by atoms with van der Waals surface area (Å²) in [4.78, 5) is 24.6. The third-order valence-electron chi connectivity index (χ3n) is 4.92. The molecule has 3 aromatic carbocycles. The normalized spacial score (nSPS) is 12.5. The van der Waals surface area contributed by atoms with Crippen molar-refractivity contribution in [2.24, 2.45) is 0 Å². The van der Waals surface area contributed by atoms with E-state index in [4.69, 9.17) is 18.9 Å². The van der Waals surface area contributed by atoms with Crippen molar-refractivity contribution in [2.45, 2.75) is 4.90 Å². The first-order valence-electron chi connectivity index (χ1n) is 10.2.